The van der Waals surface area contributed by atoms with E-state index in [9.17, 15) is 19.2 Å². The molecule has 1 fully saturated rings. The second-order valence-corrected chi connectivity index (χ2v) is 11.9. The van der Waals surface area contributed by atoms with Crippen molar-refractivity contribution in [1.82, 2.24) is 21.3 Å². The van der Waals surface area contributed by atoms with Gasteiger partial charge < -0.3 is 30.3 Å². The highest BCUT2D eigenvalue weighted by Gasteiger charge is 2.34. The number of thioether (sulfide) groups is 2. The largest absolute Gasteiger partial charge is 0.366 e. The maximum Gasteiger partial charge on any atom is 0.233 e. The maximum absolute atomic E-state index is 12.7. The van der Waals surface area contributed by atoms with Gasteiger partial charge in [-0.15, -0.1) is 0 Å². The fourth-order valence-electron chi connectivity index (χ4n) is 3.15. The van der Waals surface area contributed by atoms with Gasteiger partial charge in [0.15, 0.2) is 0 Å². The van der Waals surface area contributed by atoms with E-state index >= 15 is 0 Å². The Morgan fingerprint density at radius 3 is 2.15 bits per heavy atom. The first-order chi connectivity index (χ1) is 16.1. The summed E-state index contributed by atoms with van der Waals surface area (Å²) in [5, 5.41) is 12.4. The molecule has 0 aromatic heterocycles. The lowest BCUT2D eigenvalue weighted by atomic mass is 9.88. The first-order valence-electron chi connectivity index (χ1n) is 11.8. The lowest BCUT2D eigenvalue weighted by Crippen LogP contribution is -2.46. The van der Waals surface area contributed by atoms with E-state index in [-0.39, 0.29) is 37.2 Å². The van der Waals surface area contributed by atoms with E-state index in [2.05, 4.69) is 21.3 Å². The third-order valence-electron chi connectivity index (χ3n) is 5.58. The van der Waals surface area contributed by atoms with Crippen LogP contribution in [0.25, 0.3) is 0 Å². The minimum atomic E-state index is -0.686. The summed E-state index contributed by atoms with van der Waals surface area (Å²) in [6.07, 6.45) is 4.46. The van der Waals surface area contributed by atoms with Crippen LogP contribution in [0.5, 0.6) is 0 Å². The summed E-state index contributed by atoms with van der Waals surface area (Å²) < 4.78 is 5.45. The van der Waals surface area contributed by atoms with Gasteiger partial charge in [-0.05, 0) is 19.3 Å². The second kappa shape index (κ2) is 16.5. The highest BCUT2D eigenvalue weighted by Crippen LogP contribution is 2.40. The summed E-state index contributed by atoms with van der Waals surface area (Å²) in [4.78, 5) is 46.7. The third-order valence-corrected chi connectivity index (χ3v) is 8.84. The van der Waals surface area contributed by atoms with Crippen molar-refractivity contribution in [3.63, 3.8) is 0 Å². The van der Waals surface area contributed by atoms with Crippen LogP contribution in [0, 0.1) is 5.41 Å². The van der Waals surface area contributed by atoms with Crippen LogP contribution in [-0.4, -0.2) is 91.4 Å². The number of aldehydes is 2. The van der Waals surface area contributed by atoms with E-state index in [1.54, 1.807) is 18.8 Å². The van der Waals surface area contributed by atoms with E-state index in [4.69, 9.17) is 4.74 Å². The summed E-state index contributed by atoms with van der Waals surface area (Å²) in [5.74, 6) is 0.977. The molecule has 4 unspecified atom stereocenters. The van der Waals surface area contributed by atoms with E-state index in [1.807, 2.05) is 39.5 Å². The normalized spacial score (nSPS) is 19.7. The van der Waals surface area contributed by atoms with Crippen LogP contribution < -0.4 is 21.3 Å². The molecule has 0 radical (unpaired) electrons. The predicted molar refractivity (Wildman–Crippen MR) is 139 cm³/mol. The Morgan fingerprint density at radius 2 is 1.65 bits per heavy atom. The molecule has 0 aliphatic heterocycles. The van der Waals surface area contributed by atoms with Crippen LogP contribution in [0.1, 0.15) is 47.0 Å². The Balaban J connectivity index is 2.33. The van der Waals surface area contributed by atoms with Gasteiger partial charge in [0.05, 0.1) is 25.4 Å². The Bertz CT molecular complexity index is 651. The van der Waals surface area contributed by atoms with Crippen molar-refractivity contribution in [2.75, 3.05) is 38.4 Å². The Hall–Kier alpha value is -1.14. The molecule has 4 N–H and O–H groups in total. The zero-order valence-corrected chi connectivity index (χ0v) is 22.7. The molecule has 34 heavy (non-hydrogen) atoms. The first-order valence-corrected chi connectivity index (χ1v) is 13.9. The van der Waals surface area contributed by atoms with Gasteiger partial charge in [0.2, 0.25) is 11.8 Å². The maximum atomic E-state index is 12.7. The Labute approximate surface area is 212 Å². The molecule has 0 aromatic rings. The van der Waals surface area contributed by atoms with Crippen molar-refractivity contribution in [3.8, 4) is 0 Å². The smallest absolute Gasteiger partial charge is 0.233 e. The summed E-state index contributed by atoms with van der Waals surface area (Å²) in [5.41, 5.74) is -0.686. The molecule has 0 saturated heterocycles. The number of ether oxygens (including phenoxy) is 1. The van der Waals surface area contributed by atoms with Crippen LogP contribution in [0.3, 0.4) is 0 Å². The average Bonchev–Trinajstić information content (AvgIpc) is 2.78. The van der Waals surface area contributed by atoms with Gasteiger partial charge in [-0.3, -0.25) is 14.9 Å². The number of hydrogen-bond donors (Lipinski definition) is 4. The van der Waals surface area contributed by atoms with Crippen LogP contribution >= 0.6 is 23.5 Å². The monoisotopic (exact) mass is 518 g/mol. The standard InChI is InChI=1S/C23H42N4O5S2/c1-16(2)26-17(11-28)13-33-19-6-7-20(19)34-14-18(12-29)27-22(31)23(3,4)8-9-32-15-25-10-21(30)24-5/h11-12,16-20,25-26H,6-10,13-15H2,1-5H3,(H,24,30)(H,27,31). The Kier molecular flexibility index (Phi) is 15.0. The van der Waals surface area contributed by atoms with Crippen molar-refractivity contribution in [2.45, 2.75) is 75.6 Å². The van der Waals surface area contributed by atoms with Gasteiger partial charge in [0.25, 0.3) is 0 Å². The van der Waals surface area contributed by atoms with Crippen LogP contribution in [0.2, 0.25) is 0 Å². The van der Waals surface area contributed by atoms with Crippen molar-refractivity contribution < 1.29 is 23.9 Å². The molecule has 11 heteroatoms. The van der Waals surface area contributed by atoms with Crippen molar-refractivity contribution in [1.29, 1.82) is 0 Å². The van der Waals surface area contributed by atoms with Crippen molar-refractivity contribution in [3.05, 3.63) is 0 Å². The number of amides is 2. The quantitative estimate of drug-likeness (QED) is 0.112. The SMILES string of the molecule is CNC(=O)CNCOCCC(C)(C)C(=O)NC(C=O)CSC1CCC1SCC(C=O)NC(C)C. The van der Waals surface area contributed by atoms with Crippen molar-refractivity contribution in [2.24, 2.45) is 5.41 Å². The summed E-state index contributed by atoms with van der Waals surface area (Å²) >= 11 is 3.53. The molecule has 2 amide bonds. The first kappa shape index (κ1) is 30.9. The molecule has 0 heterocycles. The zero-order chi connectivity index (χ0) is 25.6. The molecule has 1 saturated carbocycles. The minimum Gasteiger partial charge on any atom is -0.366 e. The lowest BCUT2D eigenvalue weighted by molar-refractivity contribution is -0.132. The highest BCUT2D eigenvalue weighted by molar-refractivity contribution is 8.04. The molecule has 4 atom stereocenters. The third kappa shape index (κ3) is 12.0. The molecule has 1 aliphatic carbocycles. The molecule has 196 valence electrons. The summed E-state index contributed by atoms with van der Waals surface area (Å²) in [6, 6.07) is -0.416. The van der Waals surface area contributed by atoms with E-state index in [0.717, 1.165) is 31.2 Å². The van der Waals surface area contributed by atoms with Crippen molar-refractivity contribution >= 4 is 47.9 Å². The van der Waals surface area contributed by atoms with Gasteiger partial charge in [-0.2, -0.15) is 23.5 Å². The zero-order valence-electron chi connectivity index (χ0n) is 21.1. The Morgan fingerprint density at radius 1 is 1.06 bits per heavy atom. The van der Waals surface area contributed by atoms with Gasteiger partial charge >= 0.3 is 0 Å². The summed E-state index contributed by atoms with van der Waals surface area (Å²) in [6.45, 7) is 8.46. The predicted octanol–water partition coefficient (Wildman–Crippen LogP) is 0.959. The fourth-order valence-corrected chi connectivity index (χ4v) is 6.17. The minimum absolute atomic E-state index is 0.124. The summed E-state index contributed by atoms with van der Waals surface area (Å²) in [7, 11) is 1.57. The van der Waals surface area contributed by atoms with E-state index < -0.39 is 11.5 Å². The van der Waals surface area contributed by atoms with Crippen LogP contribution in [0.15, 0.2) is 0 Å². The molecular formula is C23H42N4O5S2. The van der Waals surface area contributed by atoms with Gasteiger partial charge in [0.1, 0.15) is 12.6 Å². The number of hydrogen-bond acceptors (Lipinski definition) is 9. The highest BCUT2D eigenvalue weighted by atomic mass is 32.2. The topological polar surface area (TPSA) is 126 Å². The lowest BCUT2D eigenvalue weighted by Gasteiger charge is -2.37. The van der Waals surface area contributed by atoms with Crippen LogP contribution in [-0.2, 0) is 23.9 Å². The van der Waals surface area contributed by atoms with Gasteiger partial charge in [0, 0.05) is 47.1 Å². The number of carbonyl (C=O) groups excluding carboxylic acids is 4. The molecular weight excluding hydrogens is 476 g/mol. The molecule has 0 aromatic carbocycles. The number of likely N-dealkylation sites (N-methyl/N-ethyl adjacent to an activating group) is 1. The molecule has 0 bridgehead atoms. The number of carbonyl (C=O) groups is 4. The molecule has 1 aliphatic rings. The molecule has 1 rings (SSSR count). The number of rotatable bonds is 19. The fraction of sp³-hybridized carbons (Fsp3) is 0.826. The van der Waals surface area contributed by atoms with E-state index in [1.165, 1.54) is 0 Å². The average molecular weight is 519 g/mol. The second-order valence-electron chi connectivity index (χ2n) is 9.39. The van der Waals surface area contributed by atoms with E-state index in [0.29, 0.717) is 29.3 Å². The molecule has 9 nitrogen and oxygen atoms in total. The molecule has 0 spiro atoms. The number of nitrogens with one attached hydrogen (secondary N) is 4. The van der Waals surface area contributed by atoms with Gasteiger partial charge in [-0.25, -0.2) is 0 Å². The van der Waals surface area contributed by atoms with Crippen LogP contribution in [0.4, 0.5) is 0 Å². The van der Waals surface area contributed by atoms with Gasteiger partial charge in [-0.1, -0.05) is 27.7 Å².